The van der Waals surface area contributed by atoms with E-state index >= 15 is 28.8 Å². The molecule has 0 aliphatic heterocycles. The zero-order chi connectivity index (χ0) is 69.7. The molecule has 8 heteroatoms. The molecule has 0 heterocycles. The fourth-order valence-electron chi connectivity index (χ4n) is 13.2. The van der Waals surface area contributed by atoms with E-state index in [1.807, 2.05) is 97.2 Å². The summed E-state index contributed by atoms with van der Waals surface area (Å²) in [6, 6.07) is 7.75. The Labute approximate surface area is 571 Å². The molecular weight excluding hydrogens is 1180 g/mol. The minimum atomic E-state index is -0.348. The van der Waals surface area contributed by atoms with Gasteiger partial charge in [-0.25, -0.2) is 0 Å². The lowest BCUT2D eigenvalue weighted by Gasteiger charge is -2.24. The summed E-state index contributed by atoms with van der Waals surface area (Å²) in [7, 11) is 0. The third-order valence-corrected chi connectivity index (χ3v) is 21.7. The summed E-state index contributed by atoms with van der Waals surface area (Å²) in [5.41, 5.74) is 13.2. The standard InChI is InChI=1S/C88H100O8/c1-17-49(9)57-25-65-41-67-27-58(50(10)18-2)29-69(82(67)90)43-71-31-60(52(12)20-4)33-73(84(71)92)45-75-35-62(54(14)22-6)37-77(86(75)94)47-79-39-64(56(16)24-8)40-80(88(79)96)48-78-38-63(55(15)23-7)36-76(87(78)95)46-74-34-61(53(13)21-5)32-72(85(74)93)44-70-30-59(51(11)19-3)28-68(83(70)91)42-66(26-57)81(65)89/h25-44,47-56,90,94H,17-24,45-46H2,1-16H3/b65-41+,68-42+,71-43+,72-44+,78-48+,79-47?. The van der Waals surface area contributed by atoms with Crippen LogP contribution in [0.3, 0.4) is 0 Å². The van der Waals surface area contributed by atoms with E-state index in [0.29, 0.717) is 89.1 Å². The van der Waals surface area contributed by atoms with Crippen molar-refractivity contribution in [2.75, 3.05) is 0 Å². The lowest BCUT2D eigenvalue weighted by Crippen LogP contribution is -2.20. The smallest absolute Gasteiger partial charge is 0.193 e. The molecule has 8 atom stereocenters. The average Bonchev–Trinajstić information content (AvgIpc) is 0.805. The molecule has 96 heavy (non-hydrogen) atoms. The van der Waals surface area contributed by atoms with E-state index in [2.05, 4.69) is 111 Å². The molecule has 500 valence electrons. The molecule has 8 unspecified atom stereocenters. The van der Waals surface area contributed by atoms with E-state index < -0.39 is 0 Å². The summed E-state index contributed by atoms with van der Waals surface area (Å²) >= 11 is 0. The second kappa shape index (κ2) is 30.6. The van der Waals surface area contributed by atoms with Gasteiger partial charge in [0.2, 0.25) is 0 Å². The van der Waals surface area contributed by atoms with Gasteiger partial charge in [0.25, 0.3) is 0 Å². The quantitative estimate of drug-likeness (QED) is 0.169. The number of ketones is 6. The van der Waals surface area contributed by atoms with Crippen molar-refractivity contribution in [3.8, 4) is 11.5 Å². The molecule has 2 aromatic rings. The Bertz CT molecular complexity index is 4220. The molecule has 0 fully saturated rings. The molecular formula is C88H100O8. The number of aromatic hydroxyl groups is 2. The summed E-state index contributed by atoms with van der Waals surface area (Å²) in [4.78, 5) is 91.8. The predicted octanol–water partition coefficient (Wildman–Crippen LogP) is 20.6. The van der Waals surface area contributed by atoms with Gasteiger partial charge in [0.15, 0.2) is 34.7 Å². The lowest BCUT2D eigenvalue weighted by atomic mass is 9.79. The van der Waals surface area contributed by atoms with Crippen molar-refractivity contribution in [2.45, 2.75) is 187 Å². The fourth-order valence-corrected chi connectivity index (χ4v) is 13.2. The van der Waals surface area contributed by atoms with Gasteiger partial charge in [-0.15, -0.1) is 0 Å². The number of allylic oxidation sites excluding steroid dienone is 33. The SMILES string of the molecule is CCC(C)C1=CC2=Cc3cc(C(C)CC)cc(c3O)CC3=CC(C(C)CC)=C/C(=C\c4cc(C(C)CC)cc(c4O)/C=C4\C=C(C(C)CC)C=C(/C=C5\C=C(C(C)CC)C=C(/C=C6\C=C(C(C)CC)C=C(CC7=CC(C(C)CC)=C/C(=C\C(=C1)C2=O)C7=O)C6=O)C5=O)C4=O)C3=O. The van der Waals surface area contributed by atoms with Crippen LogP contribution in [0.5, 0.6) is 11.5 Å². The molecule has 16 bridgehead atoms. The van der Waals surface area contributed by atoms with Crippen molar-refractivity contribution < 1.29 is 39.0 Å². The second-order valence-corrected chi connectivity index (χ2v) is 28.2. The molecule has 9 rings (SSSR count). The number of rotatable bonds is 16. The third kappa shape index (κ3) is 15.3. The molecule has 0 saturated carbocycles. The summed E-state index contributed by atoms with van der Waals surface area (Å²) in [6.07, 6.45) is 39.2. The van der Waals surface area contributed by atoms with Gasteiger partial charge >= 0.3 is 0 Å². The van der Waals surface area contributed by atoms with Crippen LogP contribution in [0.1, 0.15) is 214 Å². The molecule has 0 spiro atoms. The number of phenols is 2. The van der Waals surface area contributed by atoms with Crippen molar-refractivity contribution in [3.63, 3.8) is 0 Å². The van der Waals surface area contributed by atoms with Gasteiger partial charge in [-0.3, -0.25) is 28.8 Å². The molecule has 7 aliphatic rings. The van der Waals surface area contributed by atoms with Gasteiger partial charge in [0, 0.05) is 96.4 Å². The minimum Gasteiger partial charge on any atom is -0.507 e. The van der Waals surface area contributed by atoms with Crippen LogP contribution in [0.15, 0.2) is 216 Å². The number of carbonyl (C=O) groups excluding carboxylic acids is 6. The number of carbonyl (C=O) groups is 6. The van der Waals surface area contributed by atoms with Gasteiger partial charge < -0.3 is 10.2 Å². The van der Waals surface area contributed by atoms with Gasteiger partial charge in [-0.1, -0.05) is 135 Å². The number of fused-ring (bicyclic) bond motifs is 16. The predicted molar refractivity (Wildman–Crippen MR) is 394 cm³/mol. The molecule has 0 aromatic heterocycles. The van der Waals surface area contributed by atoms with Gasteiger partial charge in [-0.2, -0.15) is 0 Å². The zero-order valence-corrected chi connectivity index (χ0v) is 59.7. The Morgan fingerprint density at radius 2 is 0.490 bits per heavy atom. The van der Waals surface area contributed by atoms with Gasteiger partial charge in [0.05, 0.1) is 0 Å². The van der Waals surface area contributed by atoms with Crippen LogP contribution in [-0.2, 0) is 35.2 Å². The number of hydrogen-bond acceptors (Lipinski definition) is 8. The van der Waals surface area contributed by atoms with Crippen molar-refractivity contribution in [1.29, 1.82) is 0 Å². The number of benzene rings is 2. The second-order valence-electron chi connectivity index (χ2n) is 28.2. The van der Waals surface area contributed by atoms with Crippen LogP contribution in [0, 0.1) is 35.5 Å². The maximum Gasteiger partial charge on any atom is 0.193 e. The monoisotopic (exact) mass is 1280 g/mol. The summed E-state index contributed by atoms with van der Waals surface area (Å²) in [5.74, 6) is -1.81. The Morgan fingerprint density at radius 1 is 0.260 bits per heavy atom. The van der Waals surface area contributed by atoms with Crippen molar-refractivity contribution >= 4 is 52.9 Å². The highest BCUT2D eigenvalue weighted by molar-refractivity contribution is 6.23. The highest BCUT2D eigenvalue weighted by Gasteiger charge is 2.33. The summed E-state index contributed by atoms with van der Waals surface area (Å²) in [6.45, 7) is 33.6. The maximum absolute atomic E-state index is 15.3. The van der Waals surface area contributed by atoms with Crippen molar-refractivity contribution in [2.24, 2.45) is 35.5 Å². The number of phenolic OH excluding ortho intramolecular Hbond substituents is 2. The largest absolute Gasteiger partial charge is 0.507 e. The Hall–Kier alpha value is -8.62. The highest BCUT2D eigenvalue weighted by atomic mass is 16.3. The highest BCUT2D eigenvalue weighted by Crippen LogP contribution is 2.42. The van der Waals surface area contributed by atoms with Crippen LogP contribution in [0.2, 0.25) is 0 Å². The fraction of sp³-hybridized carbons (Fsp3) is 0.386. The van der Waals surface area contributed by atoms with Crippen LogP contribution in [0.25, 0.3) is 18.2 Å². The third-order valence-electron chi connectivity index (χ3n) is 21.7. The minimum absolute atomic E-state index is 0.00283. The van der Waals surface area contributed by atoms with Gasteiger partial charge in [-0.05, 0) is 258 Å². The van der Waals surface area contributed by atoms with Crippen LogP contribution in [-0.4, -0.2) is 44.9 Å². The van der Waals surface area contributed by atoms with E-state index in [0.717, 1.165) is 95.9 Å². The van der Waals surface area contributed by atoms with E-state index in [-0.39, 0.29) is 106 Å². The maximum atomic E-state index is 15.3. The summed E-state index contributed by atoms with van der Waals surface area (Å²) < 4.78 is 0. The van der Waals surface area contributed by atoms with E-state index in [1.165, 1.54) is 0 Å². The van der Waals surface area contributed by atoms with E-state index in [9.17, 15) is 10.2 Å². The molecule has 2 aromatic carbocycles. The lowest BCUT2D eigenvalue weighted by molar-refractivity contribution is -0.113. The first-order valence-electron chi connectivity index (χ1n) is 35.6. The van der Waals surface area contributed by atoms with Crippen LogP contribution in [0.4, 0.5) is 0 Å². The van der Waals surface area contributed by atoms with Crippen LogP contribution < -0.4 is 0 Å². The van der Waals surface area contributed by atoms with Crippen LogP contribution >= 0.6 is 0 Å². The Balaban J connectivity index is 1.31. The normalized spacial score (nSPS) is 23.2. The van der Waals surface area contributed by atoms with E-state index in [4.69, 9.17) is 0 Å². The van der Waals surface area contributed by atoms with Crippen molar-refractivity contribution in [3.05, 3.63) is 249 Å². The molecule has 0 saturated heterocycles. The van der Waals surface area contributed by atoms with E-state index in [1.54, 1.807) is 36.5 Å². The molecule has 0 radical (unpaired) electrons. The summed E-state index contributed by atoms with van der Waals surface area (Å²) in [5, 5.41) is 25.3. The molecule has 7 aliphatic carbocycles. The van der Waals surface area contributed by atoms with Gasteiger partial charge in [0.1, 0.15) is 11.5 Å². The average molecular weight is 1290 g/mol. The number of Topliss-reactive ketones (excluding diaryl/α,β-unsaturated/α-hetero) is 6. The first kappa shape index (κ1) is 71.7. The molecule has 2 N–H and O–H groups in total. The Morgan fingerprint density at radius 3 is 0.792 bits per heavy atom. The Kier molecular flexibility index (Phi) is 22.9. The zero-order valence-electron chi connectivity index (χ0n) is 59.7. The topological polar surface area (TPSA) is 143 Å². The first-order chi connectivity index (χ1) is 45.8. The first-order valence-corrected chi connectivity index (χ1v) is 35.6. The number of hydrogen-bond donors (Lipinski definition) is 2. The van der Waals surface area contributed by atoms with Crippen molar-refractivity contribution in [1.82, 2.24) is 0 Å². The molecule has 8 nitrogen and oxygen atoms in total. The molecule has 0 amide bonds.